The molecule has 30 heavy (non-hydrogen) atoms. The second-order valence-corrected chi connectivity index (χ2v) is 6.78. The van der Waals surface area contributed by atoms with E-state index in [0.717, 1.165) is 5.56 Å². The van der Waals surface area contributed by atoms with Gasteiger partial charge in [-0.2, -0.15) is 15.6 Å². The zero-order chi connectivity index (χ0) is 21.1. The maximum atomic E-state index is 9.71. The highest BCUT2D eigenvalue weighted by Crippen LogP contribution is 2.29. The van der Waals surface area contributed by atoms with E-state index < -0.39 is 0 Å². The number of halogens is 1. The molecular weight excluding hydrogens is 398 g/mol. The molecule has 0 aliphatic rings. The standard InChI is InChI=1S/C23H14ClN5O/c24-17-8-6-15(7-9-17)21-11-10-19(30-21)12-16(13-25)22-20(14-26)23(27)29(28-22)18-4-2-1-3-5-18/h1-12H,27H2/b16-12+. The first-order valence-electron chi connectivity index (χ1n) is 8.92. The molecule has 4 rings (SSSR count). The number of nitriles is 2. The summed E-state index contributed by atoms with van der Waals surface area (Å²) in [5.41, 5.74) is 8.19. The summed E-state index contributed by atoms with van der Waals surface area (Å²) in [6.45, 7) is 0. The van der Waals surface area contributed by atoms with Crippen LogP contribution in [-0.4, -0.2) is 9.78 Å². The molecule has 0 bridgehead atoms. The number of benzene rings is 2. The lowest BCUT2D eigenvalue weighted by Gasteiger charge is -2.02. The molecule has 2 aromatic carbocycles. The number of aromatic nitrogens is 2. The number of hydrogen-bond donors (Lipinski definition) is 1. The summed E-state index contributed by atoms with van der Waals surface area (Å²) in [6.07, 6.45) is 1.54. The molecule has 0 radical (unpaired) electrons. The Morgan fingerprint density at radius 2 is 1.77 bits per heavy atom. The van der Waals surface area contributed by atoms with E-state index in [1.165, 1.54) is 10.8 Å². The van der Waals surface area contributed by atoms with Gasteiger partial charge in [-0.25, -0.2) is 4.68 Å². The Bertz CT molecular complexity index is 1320. The first kappa shape index (κ1) is 19.1. The monoisotopic (exact) mass is 411 g/mol. The number of rotatable bonds is 4. The fraction of sp³-hybridized carbons (Fsp3) is 0. The van der Waals surface area contributed by atoms with Crippen LogP contribution in [0.25, 0.3) is 28.7 Å². The van der Waals surface area contributed by atoms with Crippen molar-refractivity contribution in [1.29, 1.82) is 10.5 Å². The summed E-state index contributed by atoms with van der Waals surface area (Å²) in [6, 6.07) is 24.1. The zero-order valence-corrected chi connectivity index (χ0v) is 16.3. The van der Waals surface area contributed by atoms with Crippen LogP contribution in [-0.2, 0) is 0 Å². The number of allylic oxidation sites excluding steroid dienone is 1. The third-order valence-electron chi connectivity index (χ3n) is 4.45. The predicted octanol–water partition coefficient (Wildman–Crippen LogP) is 5.30. The van der Waals surface area contributed by atoms with E-state index in [1.54, 1.807) is 24.3 Å². The van der Waals surface area contributed by atoms with Crippen LogP contribution in [0.15, 0.2) is 71.1 Å². The van der Waals surface area contributed by atoms with Crippen LogP contribution in [0.5, 0.6) is 0 Å². The summed E-state index contributed by atoms with van der Waals surface area (Å²) in [7, 11) is 0. The minimum absolute atomic E-state index is 0.135. The van der Waals surface area contributed by atoms with Gasteiger partial charge in [0.15, 0.2) is 0 Å². The molecule has 2 aromatic heterocycles. The van der Waals surface area contributed by atoms with Crippen LogP contribution < -0.4 is 5.73 Å². The largest absolute Gasteiger partial charge is 0.457 e. The minimum Gasteiger partial charge on any atom is -0.457 e. The summed E-state index contributed by atoms with van der Waals surface area (Å²) in [5.74, 6) is 1.25. The molecule has 0 aliphatic heterocycles. The van der Waals surface area contributed by atoms with E-state index in [9.17, 15) is 10.5 Å². The van der Waals surface area contributed by atoms with Gasteiger partial charge in [-0.3, -0.25) is 0 Å². The Morgan fingerprint density at radius 3 is 2.43 bits per heavy atom. The second-order valence-electron chi connectivity index (χ2n) is 6.35. The van der Waals surface area contributed by atoms with Crippen molar-refractivity contribution in [3.05, 3.63) is 88.8 Å². The molecule has 2 heterocycles. The van der Waals surface area contributed by atoms with Gasteiger partial charge in [0, 0.05) is 16.7 Å². The summed E-state index contributed by atoms with van der Waals surface area (Å²) in [4.78, 5) is 0. The van der Waals surface area contributed by atoms with E-state index in [-0.39, 0.29) is 22.6 Å². The van der Waals surface area contributed by atoms with E-state index >= 15 is 0 Å². The number of nitrogen functional groups attached to an aromatic ring is 1. The van der Waals surface area contributed by atoms with Crippen LogP contribution in [0.4, 0.5) is 5.82 Å². The highest BCUT2D eigenvalue weighted by molar-refractivity contribution is 6.30. The van der Waals surface area contributed by atoms with E-state index in [1.807, 2.05) is 48.5 Å². The predicted molar refractivity (Wildman–Crippen MR) is 115 cm³/mol. The maximum absolute atomic E-state index is 9.71. The molecule has 2 N–H and O–H groups in total. The molecular formula is C23H14ClN5O. The normalized spacial score (nSPS) is 11.1. The molecule has 0 saturated heterocycles. The lowest BCUT2D eigenvalue weighted by molar-refractivity contribution is 0.572. The minimum atomic E-state index is 0.135. The molecule has 0 saturated carbocycles. The topological polar surface area (TPSA) is 105 Å². The SMILES string of the molecule is N#C/C(=C\c1ccc(-c2ccc(Cl)cc2)o1)c1nn(-c2ccccc2)c(N)c1C#N. The van der Waals surface area contributed by atoms with Gasteiger partial charge in [-0.15, -0.1) is 0 Å². The average Bonchev–Trinajstić information content (AvgIpc) is 3.37. The van der Waals surface area contributed by atoms with Crippen LogP contribution >= 0.6 is 11.6 Å². The highest BCUT2D eigenvalue weighted by atomic mass is 35.5. The Labute approximate surface area is 177 Å². The Balaban J connectivity index is 1.75. The molecule has 144 valence electrons. The van der Waals surface area contributed by atoms with Crippen molar-refractivity contribution in [2.75, 3.05) is 5.73 Å². The zero-order valence-electron chi connectivity index (χ0n) is 15.6. The molecule has 0 amide bonds. The van der Waals surface area contributed by atoms with Crippen molar-refractivity contribution in [1.82, 2.24) is 9.78 Å². The van der Waals surface area contributed by atoms with Crippen molar-refractivity contribution >= 4 is 29.1 Å². The summed E-state index contributed by atoms with van der Waals surface area (Å²) < 4.78 is 7.28. The molecule has 0 fully saturated rings. The third kappa shape index (κ3) is 3.56. The lowest BCUT2D eigenvalue weighted by Crippen LogP contribution is -2.02. The lowest BCUT2D eigenvalue weighted by atomic mass is 10.1. The van der Waals surface area contributed by atoms with Crippen LogP contribution in [0.1, 0.15) is 17.0 Å². The van der Waals surface area contributed by atoms with Crippen molar-refractivity contribution in [2.45, 2.75) is 0 Å². The molecule has 0 unspecified atom stereocenters. The first-order chi connectivity index (χ1) is 14.6. The van der Waals surface area contributed by atoms with Crippen LogP contribution in [0.2, 0.25) is 5.02 Å². The Morgan fingerprint density at radius 1 is 1.03 bits per heavy atom. The van der Waals surface area contributed by atoms with Gasteiger partial charge in [0.2, 0.25) is 0 Å². The first-order valence-corrected chi connectivity index (χ1v) is 9.30. The van der Waals surface area contributed by atoms with Gasteiger partial charge in [-0.05, 0) is 48.5 Å². The Kier molecular flexibility index (Phi) is 5.09. The molecule has 0 atom stereocenters. The fourth-order valence-corrected chi connectivity index (χ4v) is 3.12. The van der Waals surface area contributed by atoms with E-state index in [4.69, 9.17) is 21.8 Å². The third-order valence-corrected chi connectivity index (χ3v) is 4.70. The molecule has 7 heteroatoms. The van der Waals surface area contributed by atoms with Crippen molar-refractivity contribution in [3.8, 4) is 29.1 Å². The Hall–Kier alpha value is -4.26. The highest BCUT2D eigenvalue weighted by Gasteiger charge is 2.20. The van der Waals surface area contributed by atoms with Gasteiger partial charge < -0.3 is 10.2 Å². The van der Waals surface area contributed by atoms with E-state index in [0.29, 0.717) is 22.2 Å². The van der Waals surface area contributed by atoms with Crippen molar-refractivity contribution in [2.24, 2.45) is 0 Å². The second kappa shape index (κ2) is 8.00. The quantitative estimate of drug-likeness (QED) is 0.458. The molecule has 0 spiro atoms. The number of nitrogens with zero attached hydrogens (tertiary/aromatic N) is 4. The van der Waals surface area contributed by atoms with E-state index in [2.05, 4.69) is 11.2 Å². The van der Waals surface area contributed by atoms with Gasteiger partial charge in [-0.1, -0.05) is 29.8 Å². The van der Waals surface area contributed by atoms with Crippen LogP contribution in [0, 0.1) is 22.7 Å². The molecule has 0 aliphatic carbocycles. The molecule has 4 aromatic rings. The van der Waals surface area contributed by atoms with Gasteiger partial charge in [0.05, 0.1) is 11.3 Å². The number of para-hydroxylation sites is 1. The van der Waals surface area contributed by atoms with Crippen LogP contribution in [0.3, 0.4) is 0 Å². The van der Waals surface area contributed by atoms with Gasteiger partial charge >= 0.3 is 0 Å². The molecule has 6 nitrogen and oxygen atoms in total. The smallest absolute Gasteiger partial charge is 0.145 e. The fourth-order valence-electron chi connectivity index (χ4n) is 2.99. The average molecular weight is 412 g/mol. The summed E-state index contributed by atoms with van der Waals surface area (Å²) in [5, 5.41) is 24.3. The van der Waals surface area contributed by atoms with Gasteiger partial charge in [0.1, 0.15) is 40.7 Å². The van der Waals surface area contributed by atoms with Crippen molar-refractivity contribution < 1.29 is 4.42 Å². The summed E-state index contributed by atoms with van der Waals surface area (Å²) >= 11 is 5.93. The number of anilines is 1. The number of nitrogens with two attached hydrogens (primary N) is 1. The van der Waals surface area contributed by atoms with Gasteiger partial charge in [0.25, 0.3) is 0 Å². The maximum Gasteiger partial charge on any atom is 0.145 e. The number of furan rings is 1. The van der Waals surface area contributed by atoms with Crippen molar-refractivity contribution in [3.63, 3.8) is 0 Å². The number of hydrogen-bond acceptors (Lipinski definition) is 5.